The van der Waals surface area contributed by atoms with Gasteiger partial charge in [-0.05, 0) is 68.0 Å². The van der Waals surface area contributed by atoms with Crippen molar-refractivity contribution < 1.29 is 23.5 Å². The molecule has 0 saturated carbocycles. The molecule has 0 aliphatic carbocycles. The fourth-order valence-corrected chi connectivity index (χ4v) is 4.20. The number of methoxy groups -OCH3 is 1. The van der Waals surface area contributed by atoms with E-state index < -0.39 is 0 Å². The number of carbonyl (C=O) groups is 2. The number of imide groups is 1. The van der Waals surface area contributed by atoms with Gasteiger partial charge >= 0.3 is 0 Å². The zero-order valence-corrected chi connectivity index (χ0v) is 16.4. The first-order valence-corrected chi connectivity index (χ1v) is 10.00. The van der Waals surface area contributed by atoms with Crippen molar-refractivity contribution >= 4 is 11.8 Å². The minimum absolute atomic E-state index is 0.0923. The van der Waals surface area contributed by atoms with Gasteiger partial charge in [-0.2, -0.15) is 0 Å². The van der Waals surface area contributed by atoms with Crippen molar-refractivity contribution in [2.24, 2.45) is 0 Å². The van der Waals surface area contributed by atoms with Crippen molar-refractivity contribution in [3.63, 3.8) is 0 Å². The minimum atomic E-state index is -0.265. The van der Waals surface area contributed by atoms with E-state index in [1.165, 1.54) is 17.0 Å². The Morgan fingerprint density at radius 2 is 1.76 bits per heavy atom. The third-order valence-corrected chi connectivity index (χ3v) is 5.67. The minimum Gasteiger partial charge on any atom is -0.496 e. The first-order chi connectivity index (χ1) is 14.1. The molecule has 0 spiro atoms. The van der Waals surface area contributed by atoms with Crippen molar-refractivity contribution in [2.75, 3.05) is 13.7 Å². The molecule has 2 atom stereocenters. The molecule has 6 heteroatoms. The van der Waals surface area contributed by atoms with E-state index in [1.807, 2.05) is 0 Å². The lowest BCUT2D eigenvalue weighted by atomic mass is 10.0. The third-order valence-electron chi connectivity index (χ3n) is 5.67. The highest BCUT2D eigenvalue weighted by Crippen LogP contribution is 2.29. The number of halogens is 1. The van der Waals surface area contributed by atoms with Crippen LogP contribution >= 0.6 is 0 Å². The summed E-state index contributed by atoms with van der Waals surface area (Å²) in [5.41, 5.74) is 1.79. The molecule has 0 radical (unpaired) electrons. The second kappa shape index (κ2) is 8.33. The quantitative estimate of drug-likeness (QED) is 0.663. The molecule has 2 aromatic carbocycles. The van der Waals surface area contributed by atoms with Gasteiger partial charge in [0, 0.05) is 0 Å². The fourth-order valence-electron chi connectivity index (χ4n) is 4.20. The zero-order valence-electron chi connectivity index (χ0n) is 16.4. The summed E-state index contributed by atoms with van der Waals surface area (Å²) in [6, 6.07) is 11.5. The molecule has 5 nitrogen and oxygen atoms in total. The monoisotopic (exact) mass is 397 g/mol. The van der Waals surface area contributed by atoms with Gasteiger partial charge in [0.05, 0.1) is 37.0 Å². The molecule has 0 bridgehead atoms. The van der Waals surface area contributed by atoms with Crippen LogP contribution in [0.3, 0.4) is 0 Å². The van der Waals surface area contributed by atoms with E-state index in [-0.39, 0.29) is 29.8 Å². The van der Waals surface area contributed by atoms with Crippen LogP contribution in [0.15, 0.2) is 42.5 Å². The molecule has 4 rings (SSSR count). The Morgan fingerprint density at radius 3 is 2.45 bits per heavy atom. The van der Waals surface area contributed by atoms with Crippen LogP contribution in [0, 0.1) is 5.82 Å². The van der Waals surface area contributed by atoms with Crippen molar-refractivity contribution in [1.82, 2.24) is 4.90 Å². The Hall–Kier alpha value is -2.73. The lowest BCUT2D eigenvalue weighted by molar-refractivity contribution is 0.0188. The number of amides is 2. The smallest absolute Gasteiger partial charge is 0.261 e. The van der Waals surface area contributed by atoms with Gasteiger partial charge in [-0.3, -0.25) is 14.5 Å². The van der Waals surface area contributed by atoms with Gasteiger partial charge in [0.2, 0.25) is 0 Å². The summed E-state index contributed by atoms with van der Waals surface area (Å²) in [5.74, 6) is -0.0483. The van der Waals surface area contributed by atoms with Crippen LogP contribution in [0.2, 0.25) is 0 Å². The van der Waals surface area contributed by atoms with Crippen molar-refractivity contribution in [3.8, 4) is 5.75 Å². The second-order valence-corrected chi connectivity index (χ2v) is 7.57. The Balaban J connectivity index is 1.28. The molecular weight excluding hydrogens is 373 g/mol. The summed E-state index contributed by atoms with van der Waals surface area (Å²) in [7, 11) is 1.58. The summed E-state index contributed by atoms with van der Waals surface area (Å²) in [6.07, 6.45) is 4.09. The summed E-state index contributed by atoms with van der Waals surface area (Å²) in [4.78, 5) is 26.3. The molecule has 0 unspecified atom stereocenters. The Labute approximate surface area is 169 Å². The number of hydrogen-bond donors (Lipinski definition) is 0. The predicted octanol–water partition coefficient (Wildman–Crippen LogP) is 4.00. The first-order valence-electron chi connectivity index (χ1n) is 10.00. The number of nitrogens with zero attached hydrogens (tertiary/aromatic N) is 1. The van der Waals surface area contributed by atoms with Crippen LogP contribution in [0.1, 0.15) is 52.0 Å². The van der Waals surface area contributed by atoms with Crippen molar-refractivity contribution in [1.29, 1.82) is 0 Å². The maximum Gasteiger partial charge on any atom is 0.261 e. The number of aryl methyl sites for hydroxylation is 1. The Kier molecular flexibility index (Phi) is 5.62. The Bertz CT molecular complexity index is 894. The number of benzene rings is 2. The molecule has 2 heterocycles. The van der Waals surface area contributed by atoms with E-state index in [0.29, 0.717) is 29.8 Å². The van der Waals surface area contributed by atoms with E-state index in [0.717, 1.165) is 31.2 Å². The van der Waals surface area contributed by atoms with Crippen molar-refractivity contribution in [2.45, 2.75) is 44.3 Å². The summed E-state index contributed by atoms with van der Waals surface area (Å²) in [6.45, 7) is 0.292. The lowest BCUT2D eigenvalue weighted by Crippen LogP contribution is -2.37. The number of hydrogen-bond acceptors (Lipinski definition) is 4. The van der Waals surface area contributed by atoms with E-state index >= 15 is 0 Å². The van der Waals surface area contributed by atoms with Crippen molar-refractivity contribution in [3.05, 3.63) is 65.0 Å². The molecule has 0 N–H and O–H groups in total. The van der Waals surface area contributed by atoms with Crippen LogP contribution < -0.4 is 4.74 Å². The summed E-state index contributed by atoms with van der Waals surface area (Å²) < 4.78 is 24.9. The van der Waals surface area contributed by atoms with E-state index in [1.54, 1.807) is 37.4 Å². The molecule has 1 fully saturated rings. The Morgan fingerprint density at radius 1 is 1.07 bits per heavy atom. The van der Waals surface area contributed by atoms with E-state index in [2.05, 4.69) is 0 Å². The van der Waals surface area contributed by atoms with Crippen LogP contribution in [-0.4, -0.2) is 42.6 Å². The number of ether oxygens (including phenoxy) is 2. The SMILES string of the molecule is COc1ccc(F)cc1CCC[C@@H]1CC[C@@H](CN2C(=O)c3ccccc3C2=O)O1. The standard InChI is InChI=1S/C23H24FNO4/c1-28-21-12-9-16(24)13-15(21)5-4-6-17-10-11-18(29-17)14-25-22(26)19-7-2-3-8-20(19)23(25)27/h2-3,7-9,12-13,17-18H,4-6,10-11,14H2,1H3/t17-,18+/m1/s1. The number of rotatable bonds is 7. The van der Waals surface area contributed by atoms with Crippen LogP contribution in [0.4, 0.5) is 4.39 Å². The van der Waals surface area contributed by atoms with Gasteiger partial charge in [0.15, 0.2) is 0 Å². The fraction of sp³-hybridized carbons (Fsp3) is 0.391. The normalized spacial score (nSPS) is 21.0. The molecule has 0 aromatic heterocycles. The second-order valence-electron chi connectivity index (χ2n) is 7.57. The molecule has 29 heavy (non-hydrogen) atoms. The largest absolute Gasteiger partial charge is 0.496 e. The van der Waals surface area contributed by atoms with Gasteiger partial charge in [0.1, 0.15) is 11.6 Å². The topological polar surface area (TPSA) is 55.8 Å². The number of fused-ring (bicyclic) bond motifs is 1. The van der Waals surface area contributed by atoms with Crippen LogP contribution in [0.25, 0.3) is 0 Å². The van der Waals surface area contributed by atoms with Gasteiger partial charge in [0.25, 0.3) is 11.8 Å². The molecule has 1 saturated heterocycles. The predicted molar refractivity (Wildman–Crippen MR) is 106 cm³/mol. The van der Waals surface area contributed by atoms with Gasteiger partial charge < -0.3 is 9.47 Å². The first kappa shape index (κ1) is 19.6. The number of carbonyl (C=O) groups excluding carboxylic acids is 2. The molecule has 2 aromatic rings. The highest BCUT2D eigenvalue weighted by molar-refractivity contribution is 6.21. The molecule has 2 aliphatic heterocycles. The van der Waals surface area contributed by atoms with Gasteiger partial charge in [-0.1, -0.05) is 12.1 Å². The van der Waals surface area contributed by atoms with Crippen LogP contribution in [-0.2, 0) is 11.2 Å². The van der Waals surface area contributed by atoms with E-state index in [9.17, 15) is 14.0 Å². The van der Waals surface area contributed by atoms with Gasteiger partial charge in [-0.25, -0.2) is 4.39 Å². The van der Waals surface area contributed by atoms with Gasteiger partial charge in [-0.15, -0.1) is 0 Å². The molecular formula is C23H24FNO4. The average Bonchev–Trinajstić information content (AvgIpc) is 3.27. The van der Waals surface area contributed by atoms with E-state index in [4.69, 9.17) is 9.47 Å². The summed E-state index contributed by atoms with van der Waals surface area (Å²) in [5, 5.41) is 0. The summed E-state index contributed by atoms with van der Waals surface area (Å²) >= 11 is 0. The highest BCUT2D eigenvalue weighted by atomic mass is 19.1. The average molecular weight is 397 g/mol. The molecule has 2 aliphatic rings. The molecule has 2 amide bonds. The zero-order chi connectivity index (χ0) is 20.4. The maximum absolute atomic E-state index is 13.5. The lowest BCUT2D eigenvalue weighted by Gasteiger charge is -2.19. The highest BCUT2D eigenvalue weighted by Gasteiger charge is 2.38. The van der Waals surface area contributed by atoms with Crippen LogP contribution in [0.5, 0.6) is 5.75 Å². The third kappa shape index (κ3) is 4.03. The maximum atomic E-state index is 13.5. The molecule has 152 valence electrons.